The van der Waals surface area contributed by atoms with Gasteiger partial charge in [0.05, 0.1) is 12.8 Å². The van der Waals surface area contributed by atoms with E-state index in [-0.39, 0.29) is 12.4 Å². The first-order chi connectivity index (χ1) is 12.6. The molecule has 2 N–H and O–H groups in total. The number of anilines is 1. The van der Waals surface area contributed by atoms with Gasteiger partial charge in [-0.3, -0.25) is 10.1 Å². The molecule has 0 aliphatic carbocycles. The number of halogens is 1. The van der Waals surface area contributed by atoms with Crippen LogP contribution in [0.25, 0.3) is 11.3 Å². The number of carbonyl (C=O) groups excluding carboxylic acids is 2. The maximum absolute atomic E-state index is 13.4. The second-order valence-corrected chi connectivity index (χ2v) is 5.96. The second-order valence-electron chi connectivity index (χ2n) is 5.10. The number of rotatable bonds is 6. The van der Waals surface area contributed by atoms with Gasteiger partial charge in [0.1, 0.15) is 5.69 Å². The van der Waals surface area contributed by atoms with Crippen molar-refractivity contribution >= 4 is 28.3 Å². The number of carbonyl (C=O) groups is 2. The normalized spacial score (nSPS) is 10.4. The largest absolute Gasteiger partial charge is 0.481 e. The molecule has 9 heteroatoms. The molecule has 0 spiro atoms. The van der Waals surface area contributed by atoms with E-state index in [2.05, 4.69) is 20.0 Å². The summed E-state index contributed by atoms with van der Waals surface area (Å²) < 4.78 is 23.2. The van der Waals surface area contributed by atoms with Crippen molar-refractivity contribution in [3.05, 3.63) is 53.4 Å². The van der Waals surface area contributed by atoms with Crippen LogP contribution in [0.3, 0.4) is 0 Å². The van der Waals surface area contributed by atoms with Crippen LogP contribution in [0.4, 0.5) is 9.52 Å². The fraction of sp³-hybridized carbons (Fsp3) is 0.118. The zero-order valence-electron chi connectivity index (χ0n) is 13.6. The summed E-state index contributed by atoms with van der Waals surface area (Å²) in [6, 6.07) is 7.44. The van der Waals surface area contributed by atoms with Crippen LogP contribution < -0.4 is 10.1 Å². The van der Waals surface area contributed by atoms with Crippen LogP contribution in [0.15, 0.2) is 41.9 Å². The first kappa shape index (κ1) is 17.6. The first-order valence-corrected chi connectivity index (χ1v) is 8.34. The van der Waals surface area contributed by atoms with Gasteiger partial charge in [0.25, 0.3) is 5.91 Å². The Morgan fingerprint density at radius 1 is 1.35 bits per heavy atom. The summed E-state index contributed by atoms with van der Waals surface area (Å²) >= 11 is 1.22. The Morgan fingerprint density at radius 3 is 2.92 bits per heavy atom. The van der Waals surface area contributed by atoms with Gasteiger partial charge >= 0.3 is 5.97 Å². The maximum Gasteiger partial charge on any atom is 0.354 e. The van der Waals surface area contributed by atoms with Crippen LogP contribution in [0.2, 0.25) is 0 Å². The summed E-state index contributed by atoms with van der Waals surface area (Å²) in [5.41, 5.74) is 1.58. The Kier molecular flexibility index (Phi) is 5.28. The van der Waals surface area contributed by atoms with Gasteiger partial charge in [0.2, 0.25) is 0 Å². The number of nitrogens with one attached hydrogen (secondary N) is 2. The van der Waals surface area contributed by atoms with Crippen molar-refractivity contribution in [1.29, 1.82) is 0 Å². The second kappa shape index (κ2) is 7.79. The Morgan fingerprint density at radius 2 is 2.15 bits per heavy atom. The molecule has 134 valence electrons. The minimum Gasteiger partial charge on any atom is -0.481 e. The molecule has 0 saturated carbocycles. The van der Waals surface area contributed by atoms with Crippen molar-refractivity contribution in [2.24, 2.45) is 0 Å². The van der Waals surface area contributed by atoms with Crippen LogP contribution in [-0.2, 0) is 9.53 Å². The van der Waals surface area contributed by atoms with Crippen LogP contribution in [0.5, 0.6) is 5.75 Å². The monoisotopic (exact) mass is 375 g/mol. The molecule has 0 radical (unpaired) electrons. The number of aromatic nitrogens is 2. The van der Waals surface area contributed by atoms with E-state index in [4.69, 9.17) is 4.74 Å². The number of hydrogen-bond donors (Lipinski definition) is 2. The molecule has 0 saturated heterocycles. The molecule has 0 aliphatic rings. The van der Waals surface area contributed by atoms with Gasteiger partial charge in [-0.1, -0.05) is 12.1 Å². The summed E-state index contributed by atoms with van der Waals surface area (Å²) in [7, 11) is 1.29. The molecule has 3 rings (SSSR count). The zero-order valence-corrected chi connectivity index (χ0v) is 14.4. The average Bonchev–Trinajstić information content (AvgIpc) is 3.29. The van der Waals surface area contributed by atoms with Gasteiger partial charge in [-0.05, 0) is 18.2 Å². The maximum atomic E-state index is 13.4. The fourth-order valence-corrected chi connectivity index (χ4v) is 2.83. The highest BCUT2D eigenvalue weighted by Crippen LogP contribution is 2.25. The van der Waals surface area contributed by atoms with Crippen molar-refractivity contribution in [3.63, 3.8) is 0 Å². The van der Waals surface area contributed by atoms with E-state index in [1.54, 1.807) is 23.7 Å². The lowest BCUT2D eigenvalue weighted by atomic mass is 10.2. The summed E-state index contributed by atoms with van der Waals surface area (Å²) in [6.07, 6.45) is 1.62. The minimum atomic E-state index is -0.536. The van der Waals surface area contributed by atoms with Crippen molar-refractivity contribution in [2.75, 3.05) is 19.0 Å². The van der Waals surface area contributed by atoms with Gasteiger partial charge < -0.3 is 14.5 Å². The number of methoxy groups -OCH3 is 1. The molecule has 0 aliphatic heterocycles. The lowest BCUT2D eigenvalue weighted by Crippen LogP contribution is -2.20. The van der Waals surface area contributed by atoms with Crippen molar-refractivity contribution in [3.8, 4) is 17.0 Å². The Bertz CT molecular complexity index is 937. The molecule has 2 aromatic heterocycles. The number of amides is 1. The fourth-order valence-electron chi connectivity index (χ4n) is 2.09. The smallest absolute Gasteiger partial charge is 0.354 e. The van der Waals surface area contributed by atoms with E-state index < -0.39 is 17.7 Å². The van der Waals surface area contributed by atoms with E-state index in [9.17, 15) is 14.0 Å². The number of para-hydroxylation sites is 1. The molecule has 3 aromatic rings. The summed E-state index contributed by atoms with van der Waals surface area (Å²) in [6.45, 7) is -0.341. The third-order valence-electron chi connectivity index (χ3n) is 3.33. The van der Waals surface area contributed by atoms with Crippen LogP contribution >= 0.6 is 11.3 Å². The van der Waals surface area contributed by atoms with E-state index in [1.807, 2.05) is 0 Å². The highest BCUT2D eigenvalue weighted by Gasteiger charge is 2.13. The third kappa shape index (κ3) is 4.06. The lowest BCUT2D eigenvalue weighted by molar-refractivity contribution is -0.118. The zero-order chi connectivity index (χ0) is 18.5. The highest BCUT2D eigenvalue weighted by molar-refractivity contribution is 7.14. The topological polar surface area (TPSA) is 93.3 Å². The summed E-state index contributed by atoms with van der Waals surface area (Å²) in [4.78, 5) is 30.4. The predicted octanol–water partition coefficient (Wildman–Crippen LogP) is 3.08. The summed E-state index contributed by atoms with van der Waals surface area (Å²) in [5, 5.41) is 4.68. The molecule has 0 unspecified atom stereocenters. The molecule has 26 heavy (non-hydrogen) atoms. The number of benzene rings is 1. The van der Waals surface area contributed by atoms with E-state index in [0.717, 1.165) is 0 Å². The number of thiazole rings is 1. The first-order valence-electron chi connectivity index (χ1n) is 7.46. The molecular formula is C17H14FN3O4S. The number of nitrogens with zero attached hydrogens (tertiary/aromatic N) is 1. The molecule has 2 heterocycles. The molecule has 0 atom stereocenters. The number of hydrogen-bond acceptors (Lipinski definition) is 6. The van der Waals surface area contributed by atoms with Crippen LogP contribution in [0.1, 0.15) is 10.5 Å². The molecular weight excluding hydrogens is 361 g/mol. The number of ether oxygens (including phenoxy) is 2. The van der Waals surface area contributed by atoms with Crippen LogP contribution in [-0.4, -0.2) is 35.6 Å². The molecule has 7 nitrogen and oxygen atoms in total. The van der Waals surface area contributed by atoms with Gasteiger partial charge in [-0.2, -0.15) is 0 Å². The minimum absolute atomic E-state index is 0.00476. The molecule has 1 aromatic carbocycles. The standard InChI is InChI=1S/C17H14FN3O4S/c1-24-16(23)12-6-10(7-19-12)13-9-26-17(20-13)21-15(22)8-25-14-5-3-2-4-11(14)18/h2-7,9,19H,8H2,1H3,(H,20,21,22). The van der Waals surface area contributed by atoms with E-state index >= 15 is 0 Å². The Hall–Kier alpha value is -3.20. The predicted molar refractivity (Wildman–Crippen MR) is 93.8 cm³/mol. The quantitative estimate of drug-likeness (QED) is 0.646. The van der Waals surface area contributed by atoms with Gasteiger partial charge in [-0.25, -0.2) is 14.2 Å². The number of esters is 1. The van der Waals surface area contributed by atoms with Gasteiger partial charge in [0.15, 0.2) is 23.3 Å². The van der Waals surface area contributed by atoms with Crippen molar-refractivity contribution in [2.45, 2.75) is 0 Å². The van der Waals surface area contributed by atoms with E-state index in [0.29, 0.717) is 22.1 Å². The van der Waals surface area contributed by atoms with Gasteiger partial charge in [-0.15, -0.1) is 11.3 Å². The third-order valence-corrected chi connectivity index (χ3v) is 4.09. The number of H-pyrrole nitrogens is 1. The summed E-state index contributed by atoms with van der Waals surface area (Å²) in [5.74, 6) is -1.47. The Balaban J connectivity index is 1.59. The number of aromatic amines is 1. The molecule has 0 fully saturated rings. The SMILES string of the molecule is COC(=O)c1cc(-c2csc(NC(=O)COc3ccccc3F)n2)c[nH]1. The average molecular weight is 375 g/mol. The van der Waals surface area contributed by atoms with Crippen molar-refractivity contribution < 1.29 is 23.5 Å². The van der Waals surface area contributed by atoms with Gasteiger partial charge in [0, 0.05) is 17.1 Å². The van der Waals surface area contributed by atoms with E-state index in [1.165, 1.54) is 36.6 Å². The Labute approximate surface area is 151 Å². The highest BCUT2D eigenvalue weighted by atomic mass is 32.1. The molecule has 1 amide bonds. The lowest BCUT2D eigenvalue weighted by Gasteiger charge is -2.06. The van der Waals surface area contributed by atoms with Crippen LogP contribution in [0, 0.1) is 5.82 Å². The molecule has 0 bridgehead atoms. The van der Waals surface area contributed by atoms with Crippen molar-refractivity contribution in [1.82, 2.24) is 9.97 Å².